The number of carboxylic acid groups (broad SMARTS) is 1. The number of aliphatic carboxylic acids is 1. The minimum atomic E-state index is -1.22. The average Bonchev–Trinajstić information content (AvgIpc) is 2.27. The van der Waals surface area contributed by atoms with Crippen molar-refractivity contribution in [3.05, 3.63) is 34.7 Å². The molecule has 0 aliphatic carbocycles. The molecule has 0 spiro atoms. The number of aromatic nitrogens is 1. The van der Waals surface area contributed by atoms with Gasteiger partial charge in [-0.2, -0.15) is 0 Å². The number of hydrogen-bond acceptors (Lipinski definition) is 3. The Hall–Kier alpha value is -1.43. The maximum atomic E-state index is 11.6. The van der Waals surface area contributed by atoms with Crippen molar-refractivity contribution in [1.29, 1.82) is 0 Å². The van der Waals surface area contributed by atoms with Gasteiger partial charge < -0.3 is 9.67 Å². The predicted molar refractivity (Wildman–Crippen MR) is 65.4 cm³/mol. The summed E-state index contributed by atoms with van der Waals surface area (Å²) in [5, 5.41) is 8.67. The largest absolute Gasteiger partial charge is 0.481 e. The maximum absolute atomic E-state index is 11.6. The van der Waals surface area contributed by atoms with E-state index in [0.29, 0.717) is 12.3 Å². The van der Waals surface area contributed by atoms with Gasteiger partial charge in [0, 0.05) is 41.1 Å². The molecule has 0 bridgehead atoms. The van der Waals surface area contributed by atoms with E-state index in [-0.39, 0.29) is 11.3 Å². The van der Waals surface area contributed by atoms with E-state index in [4.69, 9.17) is 5.11 Å². The van der Waals surface area contributed by atoms with Gasteiger partial charge in [0.05, 0.1) is 5.92 Å². The van der Waals surface area contributed by atoms with Crippen molar-refractivity contribution < 1.29 is 14.1 Å². The van der Waals surface area contributed by atoms with E-state index in [1.54, 1.807) is 18.3 Å². The lowest BCUT2D eigenvalue weighted by atomic mass is 10.2. The van der Waals surface area contributed by atoms with Gasteiger partial charge >= 0.3 is 5.97 Å². The number of hydrogen-bond donors (Lipinski definition) is 1. The zero-order valence-corrected chi connectivity index (χ0v) is 10.4. The third-order valence-electron chi connectivity index (χ3n) is 2.32. The van der Waals surface area contributed by atoms with Crippen LogP contribution in [0.25, 0.3) is 0 Å². The second kappa shape index (κ2) is 6.34. The number of pyridine rings is 1. The van der Waals surface area contributed by atoms with Crippen LogP contribution in [-0.4, -0.2) is 31.4 Å². The highest BCUT2D eigenvalue weighted by Crippen LogP contribution is 1.99. The van der Waals surface area contributed by atoms with E-state index in [1.807, 2.05) is 0 Å². The summed E-state index contributed by atoms with van der Waals surface area (Å²) in [6.45, 7) is 1.87. The van der Waals surface area contributed by atoms with Crippen LogP contribution in [0, 0.1) is 5.92 Å². The Bertz CT molecular complexity index is 469. The van der Waals surface area contributed by atoms with Crippen LogP contribution in [0.5, 0.6) is 0 Å². The number of nitrogens with zero attached hydrogens (tertiary/aromatic N) is 1. The molecule has 0 aliphatic rings. The van der Waals surface area contributed by atoms with E-state index in [0.717, 1.165) is 0 Å². The fraction of sp³-hybridized carbons (Fsp3) is 0.455. The minimum Gasteiger partial charge on any atom is -0.481 e. The van der Waals surface area contributed by atoms with Gasteiger partial charge in [0.1, 0.15) is 0 Å². The van der Waals surface area contributed by atoms with Gasteiger partial charge in [-0.3, -0.25) is 13.8 Å². The van der Waals surface area contributed by atoms with Crippen molar-refractivity contribution in [2.24, 2.45) is 5.92 Å². The molecule has 0 saturated heterocycles. The number of rotatable bonds is 6. The van der Waals surface area contributed by atoms with E-state index in [2.05, 4.69) is 0 Å². The molecule has 94 valence electrons. The van der Waals surface area contributed by atoms with Crippen molar-refractivity contribution in [3.8, 4) is 0 Å². The topological polar surface area (TPSA) is 76.4 Å². The first kappa shape index (κ1) is 13.6. The molecular weight excluding hydrogens is 242 g/mol. The monoisotopic (exact) mass is 257 g/mol. The van der Waals surface area contributed by atoms with E-state index < -0.39 is 22.7 Å². The Morgan fingerprint density at radius 2 is 2.24 bits per heavy atom. The summed E-state index contributed by atoms with van der Waals surface area (Å²) in [5.74, 6) is -1.16. The second-order valence-electron chi connectivity index (χ2n) is 3.78. The number of carbonyl (C=O) groups is 1. The SMILES string of the molecule is CC(CS(=O)CCn1ccccc1=O)C(=O)O. The van der Waals surface area contributed by atoms with Crippen LogP contribution in [0.2, 0.25) is 0 Å². The molecule has 0 aromatic carbocycles. The molecule has 0 radical (unpaired) electrons. The minimum absolute atomic E-state index is 0.122. The Morgan fingerprint density at radius 3 is 2.82 bits per heavy atom. The smallest absolute Gasteiger partial charge is 0.307 e. The number of carboxylic acids is 1. The summed E-state index contributed by atoms with van der Waals surface area (Å²) in [7, 11) is -1.22. The van der Waals surface area contributed by atoms with Crippen molar-refractivity contribution >= 4 is 16.8 Å². The standard InChI is InChI=1S/C11H15NO4S/c1-9(11(14)15)8-17(16)7-6-12-5-3-2-4-10(12)13/h2-5,9H,6-8H2,1H3,(H,14,15). The molecule has 2 unspecified atom stereocenters. The summed E-state index contributed by atoms with van der Waals surface area (Å²) in [5.41, 5.74) is -0.143. The van der Waals surface area contributed by atoms with Crippen molar-refractivity contribution in [2.45, 2.75) is 13.5 Å². The summed E-state index contributed by atoms with van der Waals surface area (Å²) < 4.78 is 13.0. The van der Waals surface area contributed by atoms with Crippen LogP contribution in [0.4, 0.5) is 0 Å². The molecule has 1 rings (SSSR count). The fourth-order valence-corrected chi connectivity index (χ4v) is 2.55. The van der Waals surface area contributed by atoms with Crippen LogP contribution >= 0.6 is 0 Å². The van der Waals surface area contributed by atoms with Gasteiger partial charge in [0.2, 0.25) is 0 Å². The van der Waals surface area contributed by atoms with Crippen molar-refractivity contribution in [1.82, 2.24) is 4.57 Å². The molecule has 1 aromatic rings. The normalized spacial score (nSPS) is 14.2. The summed E-state index contributed by atoms with van der Waals surface area (Å²) in [4.78, 5) is 21.9. The Labute approximate surface area is 102 Å². The third kappa shape index (κ3) is 4.52. The van der Waals surface area contributed by atoms with Gasteiger partial charge in [-0.05, 0) is 6.07 Å². The van der Waals surface area contributed by atoms with Crippen LogP contribution in [0.15, 0.2) is 29.2 Å². The van der Waals surface area contributed by atoms with Crippen LogP contribution < -0.4 is 5.56 Å². The summed E-state index contributed by atoms with van der Waals surface area (Å²) >= 11 is 0. The molecule has 2 atom stereocenters. The molecule has 1 N–H and O–H groups in total. The van der Waals surface area contributed by atoms with Crippen LogP contribution in [0.1, 0.15) is 6.92 Å². The third-order valence-corrected chi connectivity index (χ3v) is 3.83. The van der Waals surface area contributed by atoms with E-state index in [1.165, 1.54) is 17.6 Å². The van der Waals surface area contributed by atoms with E-state index >= 15 is 0 Å². The predicted octanol–water partition coefficient (Wildman–Crippen LogP) is 0.318. The Morgan fingerprint density at radius 1 is 1.53 bits per heavy atom. The van der Waals surface area contributed by atoms with Gasteiger partial charge in [0.15, 0.2) is 0 Å². The fourth-order valence-electron chi connectivity index (χ4n) is 1.28. The van der Waals surface area contributed by atoms with Crippen molar-refractivity contribution in [3.63, 3.8) is 0 Å². The highest BCUT2D eigenvalue weighted by molar-refractivity contribution is 7.85. The molecule has 1 heterocycles. The van der Waals surface area contributed by atoms with Gasteiger partial charge in [-0.15, -0.1) is 0 Å². The molecule has 5 nitrogen and oxygen atoms in total. The number of aryl methyl sites for hydroxylation is 1. The molecule has 1 aromatic heterocycles. The van der Waals surface area contributed by atoms with Gasteiger partial charge in [-0.25, -0.2) is 0 Å². The first-order chi connectivity index (χ1) is 8.00. The molecule has 17 heavy (non-hydrogen) atoms. The molecule has 0 saturated carbocycles. The van der Waals surface area contributed by atoms with Gasteiger partial charge in [0.25, 0.3) is 5.56 Å². The zero-order valence-electron chi connectivity index (χ0n) is 9.54. The van der Waals surface area contributed by atoms with Crippen LogP contribution in [0.3, 0.4) is 0 Å². The highest BCUT2D eigenvalue weighted by atomic mass is 32.2. The maximum Gasteiger partial charge on any atom is 0.307 e. The average molecular weight is 257 g/mol. The van der Waals surface area contributed by atoms with Gasteiger partial charge in [-0.1, -0.05) is 13.0 Å². The molecule has 6 heteroatoms. The second-order valence-corrected chi connectivity index (χ2v) is 5.40. The van der Waals surface area contributed by atoms with Crippen LogP contribution in [-0.2, 0) is 22.1 Å². The first-order valence-electron chi connectivity index (χ1n) is 5.24. The zero-order chi connectivity index (χ0) is 12.8. The molecule has 0 fully saturated rings. The lowest BCUT2D eigenvalue weighted by molar-refractivity contribution is -0.140. The Kier molecular flexibility index (Phi) is 5.09. The molecular formula is C11H15NO4S. The lowest BCUT2D eigenvalue weighted by Gasteiger charge is -2.07. The Balaban J connectivity index is 2.47. The highest BCUT2D eigenvalue weighted by Gasteiger charge is 2.14. The first-order valence-corrected chi connectivity index (χ1v) is 6.72. The quantitative estimate of drug-likeness (QED) is 0.796. The summed E-state index contributed by atoms with van der Waals surface area (Å²) in [6, 6.07) is 4.80. The molecule has 0 amide bonds. The van der Waals surface area contributed by atoms with E-state index in [9.17, 15) is 13.8 Å². The summed E-state index contributed by atoms with van der Waals surface area (Å²) in [6.07, 6.45) is 1.63. The lowest BCUT2D eigenvalue weighted by Crippen LogP contribution is -2.24. The molecule has 0 aliphatic heterocycles. The van der Waals surface area contributed by atoms with Crippen molar-refractivity contribution in [2.75, 3.05) is 11.5 Å².